The van der Waals surface area contributed by atoms with E-state index in [0.717, 1.165) is 12.2 Å². The summed E-state index contributed by atoms with van der Waals surface area (Å²) in [6.07, 6.45) is 1.79. The van der Waals surface area contributed by atoms with Crippen molar-refractivity contribution in [3.8, 4) is 0 Å². The Morgan fingerprint density at radius 3 is 2.08 bits per heavy atom. The van der Waals surface area contributed by atoms with E-state index in [-0.39, 0.29) is 0 Å². The highest BCUT2D eigenvalue weighted by Gasteiger charge is 1.73. The first-order valence-corrected chi connectivity index (χ1v) is 4.19. The summed E-state index contributed by atoms with van der Waals surface area (Å²) in [6, 6.07) is 5.86. The largest absolute Gasteiger partial charge is 0.310 e. The fourth-order valence-electron chi connectivity index (χ4n) is 0.448. The second kappa shape index (κ2) is 6.80. The number of rotatable bonds is 1. The molecular weight excluding hydrogens is 148 g/mol. The monoisotopic (exact) mass is 166 g/mol. The molecule has 0 aliphatic heterocycles. The number of pyridine rings is 1. The summed E-state index contributed by atoms with van der Waals surface area (Å²) in [7, 11) is 4.11. The number of nitrogens with zero attached hydrogens (tertiary/aromatic N) is 2. The van der Waals surface area contributed by atoms with Crippen LogP contribution < -0.4 is 0 Å². The van der Waals surface area contributed by atoms with E-state index in [2.05, 4.69) is 30.9 Å². The topological polar surface area (TPSA) is 16.1 Å². The quantitative estimate of drug-likeness (QED) is 0.634. The maximum absolute atomic E-state index is 3.98. The molecule has 1 aromatic heterocycles. The van der Waals surface area contributed by atoms with E-state index in [1.807, 2.05) is 25.1 Å². The molecule has 0 spiro atoms. The predicted molar refractivity (Wildman–Crippen MR) is 53.2 cm³/mol. The zero-order valence-corrected chi connectivity index (χ0v) is 8.41. The Morgan fingerprint density at radius 2 is 1.92 bits per heavy atom. The summed E-state index contributed by atoms with van der Waals surface area (Å²) in [5, 5.41) is 0. The van der Waals surface area contributed by atoms with Gasteiger partial charge in [-0.1, -0.05) is 13.0 Å². The molecule has 0 unspecified atom stereocenters. The third kappa shape index (κ3) is 7.22. The second-order valence-electron chi connectivity index (χ2n) is 2.87. The van der Waals surface area contributed by atoms with Crippen LogP contribution in [0.2, 0.25) is 0 Å². The molecule has 12 heavy (non-hydrogen) atoms. The van der Waals surface area contributed by atoms with Crippen molar-refractivity contribution >= 4 is 0 Å². The fraction of sp³-hybridized carbons (Fsp3) is 0.500. The minimum atomic E-state index is 1.07. The molecule has 0 aromatic carbocycles. The van der Waals surface area contributed by atoms with E-state index in [4.69, 9.17) is 0 Å². The van der Waals surface area contributed by atoms with Gasteiger partial charge < -0.3 is 4.90 Å². The molecule has 0 atom stereocenters. The average Bonchev–Trinajstić information content (AvgIpc) is 2.07. The van der Waals surface area contributed by atoms with Crippen molar-refractivity contribution in [3.63, 3.8) is 0 Å². The molecule has 1 rings (SSSR count). The SMILES string of the molecule is CCN(C)C.Cc1ccccn1. The number of aromatic nitrogens is 1. The van der Waals surface area contributed by atoms with Crippen LogP contribution in [0.4, 0.5) is 0 Å². The standard InChI is InChI=1S/C6H7N.C4H11N/c1-6-4-2-3-5-7-6;1-4-5(2)3/h2-5H,1H3;4H2,1-3H3. The molecule has 68 valence electrons. The van der Waals surface area contributed by atoms with Crippen molar-refractivity contribution in [2.24, 2.45) is 0 Å². The molecule has 0 aliphatic rings. The molecule has 0 amide bonds. The van der Waals surface area contributed by atoms with Crippen molar-refractivity contribution in [1.82, 2.24) is 9.88 Å². The Bertz CT molecular complexity index is 182. The van der Waals surface area contributed by atoms with Gasteiger partial charge in [0.25, 0.3) is 0 Å². The van der Waals surface area contributed by atoms with Gasteiger partial charge in [0.2, 0.25) is 0 Å². The molecule has 0 aliphatic carbocycles. The van der Waals surface area contributed by atoms with Crippen molar-refractivity contribution < 1.29 is 0 Å². The Labute approximate surface area is 75.2 Å². The van der Waals surface area contributed by atoms with E-state index in [9.17, 15) is 0 Å². The van der Waals surface area contributed by atoms with E-state index in [1.165, 1.54) is 0 Å². The predicted octanol–water partition coefficient (Wildman–Crippen LogP) is 1.96. The third-order valence-corrected chi connectivity index (χ3v) is 1.45. The molecule has 2 nitrogen and oxygen atoms in total. The zero-order chi connectivity index (χ0) is 9.40. The van der Waals surface area contributed by atoms with Gasteiger partial charge in [-0.2, -0.15) is 0 Å². The maximum atomic E-state index is 3.98. The lowest BCUT2D eigenvalue weighted by atomic mass is 10.4. The number of hydrogen-bond donors (Lipinski definition) is 0. The van der Waals surface area contributed by atoms with Gasteiger partial charge in [-0.25, -0.2) is 0 Å². The molecule has 1 aromatic rings. The Hall–Kier alpha value is -0.890. The van der Waals surface area contributed by atoms with Crippen LogP contribution in [0, 0.1) is 6.92 Å². The van der Waals surface area contributed by atoms with E-state index in [0.29, 0.717) is 0 Å². The Balaban J connectivity index is 0.000000217. The van der Waals surface area contributed by atoms with Gasteiger partial charge in [-0.3, -0.25) is 4.98 Å². The zero-order valence-electron chi connectivity index (χ0n) is 8.41. The van der Waals surface area contributed by atoms with Crippen LogP contribution in [0.25, 0.3) is 0 Å². The summed E-state index contributed by atoms with van der Waals surface area (Å²) < 4.78 is 0. The molecule has 0 N–H and O–H groups in total. The van der Waals surface area contributed by atoms with Crippen molar-refractivity contribution in [2.45, 2.75) is 13.8 Å². The molecule has 0 fully saturated rings. The minimum Gasteiger partial charge on any atom is -0.310 e. The van der Waals surface area contributed by atoms with E-state index >= 15 is 0 Å². The van der Waals surface area contributed by atoms with Gasteiger partial charge in [-0.15, -0.1) is 0 Å². The van der Waals surface area contributed by atoms with Crippen LogP contribution >= 0.6 is 0 Å². The van der Waals surface area contributed by atoms with Crippen molar-refractivity contribution in [1.29, 1.82) is 0 Å². The van der Waals surface area contributed by atoms with Crippen molar-refractivity contribution in [2.75, 3.05) is 20.6 Å². The Kier molecular flexibility index (Phi) is 6.29. The van der Waals surface area contributed by atoms with Gasteiger partial charge in [0.1, 0.15) is 0 Å². The van der Waals surface area contributed by atoms with Crippen molar-refractivity contribution in [3.05, 3.63) is 30.1 Å². The van der Waals surface area contributed by atoms with E-state index in [1.54, 1.807) is 6.20 Å². The fourth-order valence-corrected chi connectivity index (χ4v) is 0.448. The van der Waals surface area contributed by atoms with Crippen LogP contribution in [-0.2, 0) is 0 Å². The average molecular weight is 166 g/mol. The van der Waals surface area contributed by atoms with Gasteiger partial charge in [0.15, 0.2) is 0 Å². The molecule has 0 radical (unpaired) electrons. The summed E-state index contributed by atoms with van der Waals surface area (Å²) in [5.74, 6) is 0. The second-order valence-corrected chi connectivity index (χ2v) is 2.87. The highest BCUT2D eigenvalue weighted by atomic mass is 15.0. The minimum absolute atomic E-state index is 1.07. The van der Waals surface area contributed by atoms with Crippen LogP contribution in [0.1, 0.15) is 12.6 Å². The van der Waals surface area contributed by atoms with Gasteiger partial charge >= 0.3 is 0 Å². The summed E-state index contributed by atoms with van der Waals surface area (Å²) in [4.78, 5) is 6.10. The highest BCUT2D eigenvalue weighted by molar-refractivity contribution is 4.99. The van der Waals surface area contributed by atoms with Crippen LogP contribution in [0.5, 0.6) is 0 Å². The van der Waals surface area contributed by atoms with Gasteiger partial charge in [-0.05, 0) is 39.7 Å². The lowest BCUT2D eigenvalue weighted by molar-refractivity contribution is 0.434. The molecule has 0 bridgehead atoms. The normalized spacial score (nSPS) is 9.08. The first kappa shape index (κ1) is 11.1. The first-order chi connectivity index (χ1) is 5.66. The highest BCUT2D eigenvalue weighted by Crippen LogP contribution is 1.85. The first-order valence-electron chi connectivity index (χ1n) is 4.19. The molecular formula is C10H18N2. The third-order valence-electron chi connectivity index (χ3n) is 1.45. The molecule has 0 saturated heterocycles. The molecule has 1 heterocycles. The van der Waals surface area contributed by atoms with Gasteiger partial charge in [0.05, 0.1) is 0 Å². The number of aryl methyl sites for hydroxylation is 1. The van der Waals surface area contributed by atoms with Crippen LogP contribution in [-0.4, -0.2) is 30.5 Å². The lowest BCUT2D eigenvalue weighted by Crippen LogP contribution is -2.08. The number of hydrogen-bond acceptors (Lipinski definition) is 2. The maximum Gasteiger partial charge on any atom is 0.0372 e. The van der Waals surface area contributed by atoms with Gasteiger partial charge in [0, 0.05) is 11.9 Å². The lowest BCUT2D eigenvalue weighted by Gasteiger charge is -2.00. The summed E-state index contributed by atoms with van der Waals surface area (Å²) in [6.45, 7) is 5.24. The van der Waals surface area contributed by atoms with E-state index < -0.39 is 0 Å². The summed E-state index contributed by atoms with van der Waals surface area (Å²) in [5.41, 5.74) is 1.07. The summed E-state index contributed by atoms with van der Waals surface area (Å²) >= 11 is 0. The smallest absolute Gasteiger partial charge is 0.0372 e. The molecule has 0 saturated carbocycles. The van der Waals surface area contributed by atoms with Crippen LogP contribution in [0.15, 0.2) is 24.4 Å². The molecule has 2 heteroatoms. The van der Waals surface area contributed by atoms with Crippen LogP contribution in [0.3, 0.4) is 0 Å². The Morgan fingerprint density at radius 1 is 1.33 bits per heavy atom.